The van der Waals surface area contributed by atoms with Crippen molar-refractivity contribution in [1.29, 1.82) is 0 Å². The summed E-state index contributed by atoms with van der Waals surface area (Å²) in [5.74, 6) is 0. The number of hydrogen-bond acceptors (Lipinski definition) is 4. The second kappa shape index (κ2) is 5.47. The maximum Gasteiger partial charge on any atom is 0.416 e. The Balaban J connectivity index is 3.30. The Labute approximate surface area is 101 Å². The molecule has 0 fully saturated rings. The van der Waals surface area contributed by atoms with E-state index < -0.39 is 29.5 Å². The molecule has 0 saturated carbocycles. The molecule has 0 saturated heterocycles. The van der Waals surface area contributed by atoms with Crippen molar-refractivity contribution < 1.29 is 28.2 Å². The van der Waals surface area contributed by atoms with Gasteiger partial charge in [-0.3, -0.25) is 4.79 Å². The van der Waals surface area contributed by atoms with Crippen LogP contribution in [0.2, 0.25) is 0 Å². The smallest absolute Gasteiger partial charge is 0.389 e. The Morgan fingerprint density at radius 2 is 1.94 bits per heavy atom. The third-order valence-electron chi connectivity index (χ3n) is 2.44. The topological polar surface area (TPSA) is 83.6 Å². The van der Waals surface area contributed by atoms with Gasteiger partial charge in [0, 0.05) is 12.1 Å². The molecule has 4 nitrogen and oxygen atoms in total. The van der Waals surface area contributed by atoms with E-state index in [1.54, 1.807) is 0 Å². The van der Waals surface area contributed by atoms with Crippen LogP contribution in [0.4, 0.5) is 13.2 Å². The zero-order valence-corrected chi connectivity index (χ0v) is 9.19. The quantitative estimate of drug-likeness (QED) is 0.704. The van der Waals surface area contributed by atoms with Crippen LogP contribution in [0.1, 0.15) is 27.6 Å². The van der Waals surface area contributed by atoms with Crippen LogP contribution in [0, 0.1) is 0 Å². The number of aldehydes is 1. The molecule has 7 heteroatoms. The molecule has 100 valence electrons. The normalized spacial score (nSPS) is 15.2. The number of alkyl halides is 3. The number of carbonyl (C=O) groups is 1. The summed E-state index contributed by atoms with van der Waals surface area (Å²) in [5, 5.41) is 18.9. The van der Waals surface area contributed by atoms with Crippen molar-refractivity contribution in [3.63, 3.8) is 0 Å². The highest BCUT2D eigenvalue weighted by Gasteiger charge is 2.36. The summed E-state index contributed by atoms with van der Waals surface area (Å²) in [6.07, 6.45) is -7.73. The standard InChI is InChI=1S/C11H12F3NO3/c12-11(13,14)8-3-6(5-16)1-2-7(8)10(18)9(17)4-15/h1-3,5,9-10,17-18H,4,15H2. The fraction of sp³-hybridized carbons (Fsp3) is 0.364. The molecule has 4 N–H and O–H groups in total. The van der Waals surface area contributed by atoms with Gasteiger partial charge in [0.25, 0.3) is 0 Å². The lowest BCUT2D eigenvalue weighted by atomic mass is 9.96. The summed E-state index contributed by atoms with van der Waals surface area (Å²) in [7, 11) is 0. The molecule has 18 heavy (non-hydrogen) atoms. The lowest BCUT2D eigenvalue weighted by Crippen LogP contribution is -2.28. The molecule has 0 aliphatic carbocycles. The first-order valence-corrected chi connectivity index (χ1v) is 5.03. The lowest BCUT2D eigenvalue weighted by molar-refractivity contribution is -0.139. The summed E-state index contributed by atoms with van der Waals surface area (Å²) >= 11 is 0. The van der Waals surface area contributed by atoms with Crippen LogP contribution in [0.5, 0.6) is 0 Å². The third kappa shape index (κ3) is 3.06. The lowest BCUT2D eigenvalue weighted by Gasteiger charge is -2.21. The highest BCUT2D eigenvalue weighted by Crippen LogP contribution is 2.35. The maximum absolute atomic E-state index is 12.8. The van der Waals surface area contributed by atoms with Crippen molar-refractivity contribution >= 4 is 6.29 Å². The van der Waals surface area contributed by atoms with Crippen LogP contribution in [-0.2, 0) is 6.18 Å². The van der Waals surface area contributed by atoms with E-state index in [1.807, 2.05) is 0 Å². The molecule has 1 aromatic carbocycles. The van der Waals surface area contributed by atoms with Crippen LogP contribution >= 0.6 is 0 Å². The second-order valence-corrected chi connectivity index (χ2v) is 3.71. The number of halogens is 3. The molecule has 0 aromatic heterocycles. The van der Waals surface area contributed by atoms with Crippen LogP contribution in [0.15, 0.2) is 18.2 Å². The SMILES string of the molecule is NCC(O)C(O)c1ccc(C=O)cc1C(F)(F)F. The van der Waals surface area contributed by atoms with Gasteiger partial charge in [0.15, 0.2) is 0 Å². The molecule has 2 atom stereocenters. The van der Waals surface area contributed by atoms with Gasteiger partial charge in [0.1, 0.15) is 12.4 Å². The Morgan fingerprint density at radius 3 is 2.39 bits per heavy atom. The highest BCUT2D eigenvalue weighted by molar-refractivity contribution is 5.75. The molecule has 0 radical (unpaired) electrons. The summed E-state index contributed by atoms with van der Waals surface area (Å²) < 4.78 is 38.3. The van der Waals surface area contributed by atoms with Gasteiger partial charge in [-0.15, -0.1) is 0 Å². The van der Waals surface area contributed by atoms with E-state index in [2.05, 4.69) is 0 Å². The van der Waals surface area contributed by atoms with Crippen LogP contribution < -0.4 is 5.73 Å². The minimum atomic E-state index is -4.73. The van der Waals surface area contributed by atoms with Crippen molar-refractivity contribution in [1.82, 2.24) is 0 Å². The predicted octanol–water partition coefficient (Wildman–Crippen LogP) is 0.871. The van der Waals surface area contributed by atoms with Crippen molar-refractivity contribution in [3.8, 4) is 0 Å². The number of benzene rings is 1. The van der Waals surface area contributed by atoms with E-state index in [1.165, 1.54) is 0 Å². The summed E-state index contributed by atoms with van der Waals surface area (Å²) in [5.41, 5.74) is 3.24. The molecule has 0 heterocycles. The molecule has 0 spiro atoms. The summed E-state index contributed by atoms with van der Waals surface area (Å²) in [6, 6.07) is 2.70. The Hall–Kier alpha value is -1.44. The van der Waals surface area contributed by atoms with E-state index in [9.17, 15) is 28.2 Å². The van der Waals surface area contributed by atoms with E-state index in [-0.39, 0.29) is 18.4 Å². The average molecular weight is 263 g/mol. The van der Waals surface area contributed by atoms with Gasteiger partial charge in [-0.25, -0.2) is 0 Å². The van der Waals surface area contributed by atoms with Crippen LogP contribution in [0.3, 0.4) is 0 Å². The minimum absolute atomic E-state index is 0.166. The van der Waals surface area contributed by atoms with Crippen molar-refractivity contribution in [2.45, 2.75) is 18.4 Å². The number of aliphatic hydroxyl groups is 2. The molecular formula is C11H12F3NO3. The number of nitrogens with two attached hydrogens (primary N) is 1. The molecule has 2 unspecified atom stereocenters. The van der Waals surface area contributed by atoms with E-state index in [0.717, 1.165) is 12.1 Å². The van der Waals surface area contributed by atoms with Gasteiger partial charge in [-0.2, -0.15) is 13.2 Å². The largest absolute Gasteiger partial charge is 0.416 e. The van der Waals surface area contributed by atoms with Crippen LogP contribution in [0.25, 0.3) is 0 Å². The van der Waals surface area contributed by atoms with E-state index >= 15 is 0 Å². The van der Waals surface area contributed by atoms with E-state index in [0.29, 0.717) is 6.07 Å². The van der Waals surface area contributed by atoms with Crippen LogP contribution in [-0.4, -0.2) is 29.1 Å². The molecular weight excluding hydrogens is 251 g/mol. The maximum atomic E-state index is 12.8. The fourth-order valence-electron chi connectivity index (χ4n) is 1.49. The zero-order chi connectivity index (χ0) is 13.9. The predicted molar refractivity (Wildman–Crippen MR) is 56.9 cm³/mol. The van der Waals surface area contributed by atoms with Gasteiger partial charge < -0.3 is 15.9 Å². The first-order valence-electron chi connectivity index (χ1n) is 5.03. The first-order chi connectivity index (χ1) is 8.31. The van der Waals surface area contributed by atoms with Gasteiger partial charge in [0.2, 0.25) is 0 Å². The third-order valence-corrected chi connectivity index (χ3v) is 2.44. The molecule has 0 aliphatic heterocycles. The number of carbonyl (C=O) groups excluding carboxylic acids is 1. The molecule has 0 aliphatic rings. The average Bonchev–Trinajstić information content (AvgIpc) is 2.35. The van der Waals surface area contributed by atoms with Gasteiger partial charge in [-0.05, 0) is 11.6 Å². The van der Waals surface area contributed by atoms with E-state index in [4.69, 9.17) is 5.73 Å². The molecule has 1 aromatic rings. The number of aliphatic hydroxyl groups excluding tert-OH is 2. The highest BCUT2D eigenvalue weighted by atomic mass is 19.4. The van der Waals surface area contributed by atoms with Gasteiger partial charge in [-0.1, -0.05) is 12.1 Å². The van der Waals surface area contributed by atoms with Gasteiger partial charge >= 0.3 is 6.18 Å². The monoisotopic (exact) mass is 263 g/mol. The Bertz CT molecular complexity index is 434. The van der Waals surface area contributed by atoms with Crippen molar-refractivity contribution in [2.75, 3.05) is 6.54 Å². The fourth-order valence-corrected chi connectivity index (χ4v) is 1.49. The first kappa shape index (κ1) is 14.6. The zero-order valence-electron chi connectivity index (χ0n) is 9.19. The molecule has 0 bridgehead atoms. The summed E-state index contributed by atoms with van der Waals surface area (Å²) in [4.78, 5) is 10.5. The van der Waals surface area contributed by atoms with Gasteiger partial charge in [0.05, 0.1) is 11.7 Å². The molecule has 0 amide bonds. The van der Waals surface area contributed by atoms with Crippen molar-refractivity contribution in [3.05, 3.63) is 34.9 Å². The Kier molecular flexibility index (Phi) is 4.44. The molecule has 1 rings (SSSR count). The summed E-state index contributed by atoms with van der Waals surface area (Å²) in [6.45, 7) is -0.381. The number of hydrogen-bond donors (Lipinski definition) is 3. The Morgan fingerprint density at radius 1 is 1.33 bits per heavy atom. The minimum Gasteiger partial charge on any atom is -0.389 e. The van der Waals surface area contributed by atoms with Crippen molar-refractivity contribution in [2.24, 2.45) is 5.73 Å². The number of rotatable bonds is 4. The second-order valence-electron chi connectivity index (χ2n) is 3.71.